The zero-order valence-electron chi connectivity index (χ0n) is 37.2. The third-order valence-electron chi connectivity index (χ3n) is 12.9. The Morgan fingerprint density at radius 1 is 0.922 bits per heavy atom. The van der Waals surface area contributed by atoms with Crippen LogP contribution in [-0.4, -0.2) is 99.2 Å². The van der Waals surface area contributed by atoms with Gasteiger partial charge in [0.25, 0.3) is 23.3 Å². The standard InChI is InChI=1S/C49H56N8O7/c1-6-32(5)56-28-30(3)43-36(45(59)51-27-37-29(2)23-31(4)52-46(37)60)24-34(25-39(43)56)33-13-15-41(50-26-33)55-20-18-54(19-21-55)17-8-7-9-22-64-40-12-10-11-35-44(40)49(63)57(48(35)62)38-14-16-42(58)53-47(38)61/h10-13,15,23-26,28,32,38H,6-9,14,16-22,27H2,1-5H3,(H,51,59)(H,52,60)(H,53,58,61)/t32-,38?/m0/s1. The van der Waals surface area contributed by atoms with Gasteiger partial charge in [-0.2, -0.15) is 0 Å². The van der Waals surface area contributed by atoms with Gasteiger partial charge >= 0.3 is 0 Å². The smallest absolute Gasteiger partial charge is 0.266 e. The van der Waals surface area contributed by atoms with Gasteiger partial charge in [0.05, 0.1) is 17.7 Å². The van der Waals surface area contributed by atoms with Gasteiger partial charge in [0.15, 0.2) is 0 Å². The molecule has 1 unspecified atom stereocenters. The molecule has 2 aromatic carbocycles. The lowest BCUT2D eigenvalue weighted by Crippen LogP contribution is -2.54. The normalized spacial score (nSPS) is 17.2. The van der Waals surface area contributed by atoms with E-state index in [2.05, 4.69) is 68.2 Å². The molecule has 5 amide bonds. The molecular formula is C49H56N8O7. The molecule has 0 aliphatic carbocycles. The van der Waals surface area contributed by atoms with Crippen molar-refractivity contribution in [3.05, 3.63) is 110 Å². The van der Waals surface area contributed by atoms with Crippen LogP contribution in [0.3, 0.4) is 0 Å². The number of pyridine rings is 2. The van der Waals surface area contributed by atoms with Crippen LogP contribution in [0, 0.1) is 20.8 Å². The highest BCUT2D eigenvalue weighted by Crippen LogP contribution is 2.35. The van der Waals surface area contributed by atoms with E-state index in [-0.39, 0.29) is 48.0 Å². The highest BCUT2D eigenvalue weighted by atomic mass is 16.5. The van der Waals surface area contributed by atoms with Gasteiger partial charge in [-0.05, 0) is 125 Å². The molecule has 0 spiro atoms. The second-order valence-corrected chi connectivity index (χ2v) is 17.3. The van der Waals surface area contributed by atoms with Gasteiger partial charge in [0.1, 0.15) is 17.6 Å². The lowest BCUT2D eigenvalue weighted by Gasteiger charge is -2.35. The number of aromatic amines is 1. The van der Waals surface area contributed by atoms with E-state index in [1.165, 1.54) is 0 Å². The number of unbranched alkanes of at least 4 members (excludes halogenated alkanes) is 2. The van der Waals surface area contributed by atoms with Crippen LogP contribution in [0.2, 0.25) is 0 Å². The molecule has 5 aromatic rings. The van der Waals surface area contributed by atoms with Crippen LogP contribution >= 0.6 is 0 Å². The van der Waals surface area contributed by atoms with E-state index >= 15 is 0 Å². The maximum atomic E-state index is 14.0. The number of fused-ring (bicyclic) bond motifs is 2. The summed E-state index contributed by atoms with van der Waals surface area (Å²) in [4.78, 5) is 90.8. The summed E-state index contributed by atoms with van der Waals surface area (Å²) < 4.78 is 8.27. The predicted molar refractivity (Wildman–Crippen MR) is 244 cm³/mol. The van der Waals surface area contributed by atoms with Crippen molar-refractivity contribution in [2.24, 2.45) is 0 Å². The monoisotopic (exact) mass is 868 g/mol. The zero-order valence-corrected chi connectivity index (χ0v) is 37.2. The topological polar surface area (TPSA) is 179 Å². The van der Waals surface area contributed by atoms with Crippen LogP contribution in [0.15, 0.2) is 65.7 Å². The summed E-state index contributed by atoms with van der Waals surface area (Å²) in [6.07, 6.45) is 7.80. The minimum absolute atomic E-state index is 0.0650. The number of imide groups is 2. The molecule has 3 aliphatic rings. The molecule has 6 heterocycles. The van der Waals surface area contributed by atoms with E-state index in [4.69, 9.17) is 9.72 Å². The predicted octanol–water partition coefficient (Wildman–Crippen LogP) is 5.99. The number of carbonyl (C=O) groups excluding carboxylic acids is 5. The van der Waals surface area contributed by atoms with E-state index in [9.17, 15) is 28.8 Å². The lowest BCUT2D eigenvalue weighted by molar-refractivity contribution is -0.136. The molecule has 3 aromatic heterocycles. The van der Waals surface area contributed by atoms with Crippen molar-refractivity contribution >= 4 is 46.3 Å². The summed E-state index contributed by atoms with van der Waals surface area (Å²) in [6.45, 7) is 15.1. The second kappa shape index (κ2) is 18.6. The number of amides is 5. The maximum Gasteiger partial charge on any atom is 0.266 e. The summed E-state index contributed by atoms with van der Waals surface area (Å²) in [7, 11) is 0. The molecule has 15 nitrogen and oxygen atoms in total. The number of piperidine rings is 1. The fourth-order valence-corrected chi connectivity index (χ4v) is 9.20. The number of hydrogen-bond donors (Lipinski definition) is 3. The highest BCUT2D eigenvalue weighted by Gasteiger charge is 2.46. The minimum Gasteiger partial charge on any atom is -0.493 e. The number of benzene rings is 2. The Kier molecular flexibility index (Phi) is 12.8. The third-order valence-corrected chi connectivity index (χ3v) is 12.9. The number of rotatable bonds is 15. The Morgan fingerprint density at radius 2 is 1.72 bits per heavy atom. The molecule has 0 saturated carbocycles. The van der Waals surface area contributed by atoms with Gasteiger partial charge in [-0.25, -0.2) is 4.98 Å². The minimum atomic E-state index is -1.02. The SMILES string of the molecule is CC[C@H](C)n1cc(C)c2c(C(=O)NCc3c(C)cc(C)[nH]c3=O)cc(-c3ccc(N4CCN(CCCCCOc5cccc6c5C(=O)N(C5CCC(=O)NC5=O)C6=O)CC4)nc3)cc21. The number of aromatic nitrogens is 3. The van der Waals surface area contributed by atoms with Crippen LogP contribution in [0.1, 0.15) is 112 Å². The Balaban J connectivity index is 0.844. The van der Waals surface area contributed by atoms with Crippen molar-refractivity contribution < 1.29 is 28.7 Å². The first-order valence-electron chi connectivity index (χ1n) is 22.4. The van der Waals surface area contributed by atoms with E-state index in [1.54, 1.807) is 18.2 Å². The first-order chi connectivity index (χ1) is 30.8. The number of anilines is 1. The lowest BCUT2D eigenvalue weighted by atomic mass is 9.98. The largest absolute Gasteiger partial charge is 0.493 e. The average molecular weight is 869 g/mol. The maximum absolute atomic E-state index is 14.0. The van der Waals surface area contributed by atoms with Gasteiger partial charge in [0.2, 0.25) is 11.8 Å². The van der Waals surface area contributed by atoms with Gasteiger partial charge in [-0.15, -0.1) is 0 Å². The Bertz CT molecular complexity index is 2700. The van der Waals surface area contributed by atoms with Crippen LogP contribution in [0.5, 0.6) is 5.75 Å². The van der Waals surface area contributed by atoms with Crippen molar-refractivity contribution in [2.75, 3.05) is 44.2 Å². The summed E-state index contributed by atoms with van der Waals surface area (Å²) in [5.74, 6) is -1.18. The van der Waals surface area contributed by atoms with Crippen LogP contribution < -0.4 is 25.8 Å². The number of carbonyl (C=O) groups is 5. The summed E-state index contributed by atoms with van der Waals surface area (Å²) in [5, 5.41) is 6.16. The van der Waals surface area contributed by atoms with E-state index in [1.807, 2.05) is 39.1 Å². The molecule has 2 saturated heterocycles. The van der Waals surface area contributed by atoms with Gasteiger partial charge < -0.3 is 24.5 Å². The number of nitrogens with zero attached hydrogens (tertiary/aromatic N) is 5. The first kappa shape index (κ1) is 44.0. The van der Waals surface area contributed by atoms with E-state index < -0.39 is 29.7 Å². The molecule has 8 rings (SSSR count). The first-order valence-corrected chi connectivity index (χ1v) is 22.4. The molecular weight excluding hydrogens is 813 g/mol. The summed E-state index contributed by atoms with van der Waals surface area (Å²) >= 11 is 0. The van der Waals surface area contributed by atoms with Gasteiger partial charge in [-0.1, -0.05) is 13.0 Å². The molecule has 0 radical (unpaired) electrons. The number of hydrogen-bond acceptors (Lipinski definition) is 10. The second-order valence-electron chi connectivity index (χ2n) is 17.3. The van der Waals surface area contributed by atoms with Gasteiger partial charge in [-0.3, -0.25) is 43.9 Å². The fourth-order valence-electron chi connectivity index (χ4n) is 9.20. The van der Waals surface area contributed by atoms with Crippen molar-refractivity contribution in [1.29, 1.82) is 0 Å². The van der Waals surface area contributed by atoms with Crippen LogP contribution in [-0.2, 0) is 16.1 Å². The molecule has 2 atom stereocenters. The van der Waals surface area contributed by atoms with Crippen molar-refractivity contribution in [2.45, 2.75) is 91.8 Å². The van der Waals surface area contributed by atoms with Crippen LogP contribution in [0.25, 0.3) is 22.0 Å². The number of H-pyrrole nitrogens is 1. The molecule has 2 fully saturated rings. The molecule has 64 heavy (non-hydrogen) atoms. The summed E-state index contributed by atoms with van der Waals surface area (Å²) in [5.41, 5.74) is 6.72. The third kappa shape index (κ3) is 8.81. The van der Waals surface area contributed by atoms with Gasteiger partial charge in [0, 0.05) is 90.9 Å². The van der Waals surface area contributed by atoms with Crippen molar-refractivity contribution in [1.82, 2.24) is 35.0 Å². The van der Waals surface area contributed by atoms with Crippen molar-refractivity contribution in [3.63, 3.8) is 0 Å². The number of aryl methyl sites for hydroxylation is 3. The zero-order chi connectivity index (χ0) is 45.2. The molecule has 3 N–H and O–H groups in total. The molecule has 15 heteroatoms. The average Bonchev–Trinajstić information content (AvgIpc) is 3.75. The molecule has 334 valence electrons. The quantitative estimate of drug-likeness (QED) is 0.0837. The Labute approximate surface area is 372 Å². The number of ether oxygens (including phenoxy) is 1. The van der Waals surface area contributed by atoms with Crippen molar-refractivity contribution in [3.8, 4) is 16.9 Å². The number of piperazine rings is 1. The molecule has 0 bridgehead atoms. The summed E-state index contributed by atoms with van der Waals surface area (Å²) in [6, 6.07) is 14.2. The fraction of sp³-hybridized carbons (Fsp3) is 0.408. The number of nitrogens with one attached hydrogen (secondary N) is 3. The Morgan fingerprint density at radius 3 is 2.44 bits per heavy atom. The Hall–Kier alpha value is -6.61. The highest BCUT2D eigenvalue weighted by molar-refractivity contribution is 6.24. The molecule has 3 aliphatic heterocycles. The van der Waals surface area contributed by atoms with E-state index in [0.717, 1.165) is 108 Å². The van der Waals surface area contributed by atoms with E-state index in [0.29, 0.717) is 23.5 Å². The van der Waals surface area contributed by atoms with Crippen LogP contribution in [0.4, 0.5) is 5.82 Å².